The van der Waals surface area contributed by atoms with Crippen molar-refractivity contribution in [3.05, 3.63) is 35.4 Å². The van der Waals surface area contributed by atoms with Crippen molar-refractivity contribution in [2.75, 3.05) is 6.61 Å². The third-order valence-electron chi connectivity index (χ3n) is 3.75. The van der Waals surface area contributed by atoms with Gasteiger partial charge in [0.15, 0.2) is 5.60 Å². The zero-order chi connectivity index (χ0) is 14.1. The smallest absolute Gasteiger partial charge is 0.338 e. The van der Waals surface area contributed by atoms with Crippen molar-refractivity contribution in [2.45, 2.75) is 51.0 Å². The van der Waals surface area contributed by atoms with Crippen LogP contribution in [0.2, 0.25) is 0 Å². The van der Waals surface area contributed by atoms with Crippen molar-refractivity contribution in [2.24, 2.45) is 0 Å². The third kappa shape index (κ3) is 3.35. The lowest BCUT2D eigenvalue weighted by Crippen LogP contribution is -2.23. The number of hydrogen-bond donors (Lipinski definition) is 1. The Labute approximate surface area is 114 Å². The van der Waals surface area contributed by atoms with Crippen LogP contribution in [-0.4, -0.2) is 23.3 Å². The van der Waals surface area contributed by atoms with Crippen LogP contribution in [-0.2, 0) is 21.4 Å². The number of carbonyl (C=O) groups is 1. The van der Waals surface area contributed by atoms with E-state index in [1.165, 1.54) is 11.1 Å². The van der Waals surface area contributed by atoms with Crippen LogP contribution in [0.1, 0.15) is 44.7 Å². The number of benzene rings is 1. The lowest BCUT2D eigenvalue weighted by atomic mass is 9.86. The molecule has 1 aromatic rings. The van der Waals surface area contributed by atoms with E-state index in [4.69, 9.17) is 9.84 Å². The Balaban J connectivity index is 1.86. The van der Waals surface area contributed by atoms with Crippen LogP contribution >= 0.6 is 0 Å². The molecule has 3 heteroatoms. The number of rotatable bonds is 5. The molecule has 1 N–H and O–H groups in total. The molecule has 1 aliphatic rings. The summed E-state index contributed by atoms with van der Waals surface area (Å²) in [4.78, 5) is 11.0. The highest BCUT2D eigenvalue weighted by Gasteiger charge is 2.51. The lowest BCUT2D eigenvalue weighted by molar-refractivity contribution is -0.143. The first kappa shape index (κ1) is 14.1. The SMILES string of the molecule is CC(C)(C)c1ccc(CCCC2(C(=O)O)CO2)cc1. The van der Waals surface area contributed by atoms with Crippen LogP contribution in [0, 0.1) is 0 Å². The van der Waals surface area contributed by atoms with Crippen LogP contribution < -0.4 is 0 Å². The summed E-state index contributed by atoms with van der Waals surface area (Å²) in [6.07, 6.45) is 2.35. The van der Waals surface area contributed by atoms with Gasteiger partial charge in [0.05, 0.1) is 6.61 Å². The van der Waals surface area contributed by atoms with Gasteiger partial charge in [-0.2, -0.15) is 0 Å². The van der Waals surface area contributed by atoms with Gasteiger partial charge in [-0.3, -0.25) is 0 Å². The summed E-state index contributed by atoms with van der Waals surface area (Å²) in [5.74, 6) is -0.824. The second kappa shape index (κ2) is 4.97. The number of epoxide rings is 1. The van der Waals surface area contributed by atoms with Crippen LogP contribution in [0.3, 0.4) is 0 Å². The summed E-state index contributed by atoms with van der Waals surface area (Å²) in [5.41, 5.74) is 1.89. The van der Waals surface area contributed by atoms with E-state index >= 15 is 0 Å². The Morgan fingerprint density at radius 3 is 2.32 bits per heavy atom. The second-order valence-corrected chi connectivity index (χ2v) is 6.39. The van der Waals surface area contributed by atoms with E-state index in [9.17, 15) is 4.79 Å². The molecule has 1 saturated heterocycles. The van der Waals surface area contributed by atoms with Gasteiger partial charge in [-0.1, -0.05) is 45.0 Å². The molecule has 0 amide bonds. The Bertz CT molecular complexity index is 450. The van der Waals surface area contributed by atoms with Gasteiger partial charge in [0.25, 0.3) is 0 Å². The first-order valence-electron chi connectivity index (χ1n) is 6.80. The van der Waals surface area contributed by atoms with E-state index in [0.717, 1.165) is 12.8 Å². The maximum absolute atomic E-state index is 11.0. The fraction of sp³-hybridized carbons (Fsp3) is 0.562. The monoisotopic (exact) mass is 262 g/mol. The number of aryl methyl sites for hydroxylation is 1. The summed E-state index contributed by atoms with van der Waals surface area (Å²) < 4.78 is 5.06. The highest BCUT2D eigenvalue weighted by Crippen LogP contribution is 2.33. The fourth-order valence-electron chi connectivity index (χ4n) is 2.21. The third-order valence-corrected chi connectivity index (χ3v) is 3.75. The molecule has 1 unspecified atom stereocenters. The van der Waals surface area contributed by atoms with E-state index in [0.29, 0.717) is 13.0 Å². The van der Waals surface area contributed by atoms with Crippen LogP contribution in [0.15, 0.2) is 24.3 Å². The van der Waals surface area contributed by atoms with E-state index < -0.39 is 11.6 Å². The lowest BCUT2D eigenvalue weighted by Gasteiger charge is -2.19. The standard InChI is InChI=1S/C16H22O3/c1-15(2,3)13-8-6-12(7-9-13)5-4-10-16(11-19-16)14(17)18/h6-9H,4-5,10-11H2,1-3H3,(H,17,18). The molecule has 0 aromatic heterocycles. The van der Waals surface area contributed by atoms with Crippen molar-refractivity contribution in [3.63, 3.8) is 0 Å². The van der Waals surface area contributed by atoms with Crippen molar-refractivity contribution in [1.29, 1.82) is 0 Å². The molecule has 3 nitrogen and oxygen atoms in total. The summed E-state index contributed by atoms with van der Waals surface area (Å²) in [6, 6.07) is 8.61. The normalized spacial score (nSPS) is 22.3. The van der Waals surface area contributed by atoms with Gasteiger partial charge in [0.1, 0.15) is 0 Å². The van der Waals surface area contributed by atoms with Crippen molar-refractivity contribution in [1.82, 2.24) is 0 Å². The molecule has 0 saturated carbocycles. The number of ether oxygens (including phenoxy) is 1. The van der Waals surface area contributed by atoms with Crippen molar-refractivity contribution >= 4 is 5.97 Å². The van der Waals surface area contributed by atoms with Gasteiger partial charge >= 0.3 is 5.97 Å². The number of aliphatic carboxylic acids is 1. The average molecular weight is 262 g/mol. The molecule has 0 aliphatic carbocycles. The minimum Gasteiger partial charge on any atom is -0.479 e. The molecule has 1 aromatic carbocycles. The highest BCUT2D eigenvalue weighted by atomic mass is 16.6. The van der Waals surface area contributed by atoms with Crippen LogP contribution in [0.25, 0.3) is 0 Å². The van der Waals surface area contributed by atoms with Gasteiger partial charge in [-0.15, -0.1) is 0 Å². The Hall–Kier alpha value is -1.35. The van der Waals surface area contributed by atoms with Gasteiger partial charge in [0.2, 0.25) is 0 Å². The highest BCUT2D eigenvalue weighted by molar-refractivity contribution is 5.80. The molecule has 1 atom stereocenters. The van der Waals surface area contributed by atoms with Gasteiger partial charge < -0.3 is 9.84 Å². The first-order valence-corrected chi connectivity index (χ1v) is 6.80. The molecule has 1 aliphatic heterocycles. The molecule has 1 heterocycles. The maximum atomic E-state index is 11.0. The van der Waals surface area contributed by atoms with Crippen molar-refractivity contribution < 1.29 is 14.6 Å². The molecule has 104 valence electrons. The number of carboxylic acids is 1. The van der Waals surface area contributed by atoms with Crippen LogP contribution in [0.4, 0.5) is 0 Å². The Morgan fingerprint density at radius 1 is 1.32 bits per heavy atom. The minimum absolute atomic E-state index is 0.174. The minimum atomic E-state index is -0.870. The quantitative estimate of drug-likeness (QED) is 0.829. The maximum Gasteiger partial charge on any atom is 0.338 e. The van der Waals surface area contributed by atoms with E-state index in [1.807, 2.05) is 0 Å². The molecule has 1 fully saturated rings. The van der Waals surface area contributed by atoms with Crippen LogP contribution in [0.5, 0.6) is 0 Å². The summed E-state index contributed by atoms with van der Waals surface area (Å²) >= 11 is 0. The molecule has 2 rings (SSSR count). The van der Waals surface area contributed by atoms with E-state index in [2.05, 4.69) is 45.0 Å². The van der Waals surface area contributed by atoms with E-state index in [1.54, 1.807) is 0 Å². The fourth-order valence-corrected chi connectivity index (χ4v) is 2.21. The number of hydrogen-bond acceptors (Lipinski definition) is 2. The zero-order valence-corrected chi connectivity index (χ0v) is 11.9. The largest absolute Gasteiger partial charge is 0.479 e. The predicted molar refractivity (Wildman–Crippen MR) is 74.4 cm³/mol. The molecule has 0 radical (unpaired) electrons. The summed E-state index contributed by atoms with van der Waals surface area (Å²) in [5, 5.41) is 9.00. The summed E-state index contributed by atoms with van der Waals surface area (Å²) in [6.45, 7) is 6.96. The summed E-state index contributed by atoms with van der Waals surface area (Å²) in [7, 11) is 0. The first-order chi connectivity index (χ1) is 8.83. The topological polar surface area (TPSA) is 49.8 Å². The average Bonchev–Trinajstić information content (AvgIpc) is 3.10. The zero-order valence-electron chi connectivity index (χ0n) is 11.9. The van der Waals surface area contributed by atoms with Gasteiger partial charge in [-0.25, -0.2) is 4.79 Å². The van der Waals surface area contributed by atoms with Gasteiger partial charge in [0, 0.05) is 0 Å². The second-order valence-electron chi connectivity index (χ2n) is 6.39. The van der Waals surface area contributed by atoms with Crippen molar-refractivity contribution in [3.8, 4) is 0 Å². The molecular weight excluding hydrogens is 240 g/mol. The molecule has 19 heavy (non-hydrogen) atoms. The molecular formula is C16H22O3. The predicted octanol–water partition coefficient (Wildman–Crippen LogP) is 3.16. The van der Waals surface area contributed by atoms with Gasteiger partial charge in [-0.05, 0) is 35.8 Å². The Morgan fingerprint density at radius 2 is 1.89 bits per heavy atom. The van der Waals surface area contributed by atoms with E-state index in [-0.39, 0.29) is 5.41 Å². The Kier molecular flexibility index (Phi) is 3.68. The molecule has 0 spiro atoms. The molecule has 0 bridgehead atoms. The number of carboxylic acid groups (broad SMARTS) is 1.